The van der Waals surface area contributed by atoms with Gasteiger partial charge in [0.25, 0.3) is 0 Å². The molecule has 0 saturated carbocycles. The first-order valence-electron chi connectivity index (χ1n) is 7.01. The second-order valence-corrected chi connectivity index (χ2v) is 6.03. The fourth-order valence-corrected chi connectivity index (χ4v) is 2.74. The molecule has 0 aliphatic rings. The van der Waals surface area contributed by atoms with Gasteiger partial charge < -0.3 is 0 Å². The van der Waals surface area contributed by atoms with Crippen molar-refractivity contribution in [2.45, 2.75) is 6.54 Å². The Morgan fingerprint density at radius 2 is 1.73 bits per heavy atom. The molecular formula is C17H13BrN4. The van der Waals surface area contributed by atoms with Crippen molar-refractivity contribution in [3.05, 3.63) is 77.0 Å². The van der Waals surface area contributed by atoms with Crippen LogP contribution in [0.4, 0.5) is 0 Å². The van der Waals surface area contributed by atoms with Crippen molar-refractivity contribution in [3.8, 4) is 11.3 Å². The van der Waals surface area contributed by atoms with Crippen LogP contribution in [0.25, 0.3) is 16.9 Å². The number of nitrogens with zero attached hydrogens (tertiary/aromatic N) is 4. The molecule has 5 heteroatoms. The molecule has 0 fully saturated rings. The molecule has 0 N–H and O–H groups in total. The fourth-order valence-electron chi connectivity index (χ4n) is 2.47. The van der Waals surface area contributed by atoms with Gasteiger partial charge in [-0.3, -0.25) is 0 Å². The van der Waals surface area contributed by atoms with Crippen LogP contribution in [0.5, 0.6) is 0 Å². The van der Waals surface area contributed by atoms with Crippen LogP contribution in [0.3, 0.4) is 0 Å². The van der Waals surface area contributed by atoms with Crippen LogP contribution in [0.2, 0.25) is 0 Å². The molecule has 2 aromatic carbocycles. The lowest BCUT2D eigenvalue weighted by atomic mass is 10.2. The molecule has 0 atom stereocenters. The summed E-state index contributed by atoms with van der Waals surface area (Å²) in [6.45, 7) is 0.739. The second kappa shape index (κ2) is 5.42. The van der Waals surface area contributed by atoms with E-state index >= 15 is 0 Å². The van der Waals surface area contributed by atoms with E-state index in [1.54, 1.807) is 6.33 Å². The molecule has 0 unspecified atom stereocenters. The molecule has 2 heterocycles. The summed E-state index contributed by atoms with van der Waals surface area (Å²) in [7, 11) is 0. The zero-order valence-corrected chi connectivity index (χ0v) is 13.3. The number of fused-ring (bicyclic) bond motifs is 1. The molecule has 4 rings (SSSR count). The molecule has 22 heavy (non-hydrogen) atoms. The first-order chi connectivity index (χ1) is 10.8. The average molecular weight is 353 g/mol. The summed E-state index contributed by atoms with van der Waals surface area (Å²) < 4.78 is 4.85. The molecule has 2 aromatic heterocycles. The highest BCUT2D eigenvalue weighted by molar-refractivity contribution is 9.10. The van der Waals surface area contributed by atoms with Crippen molar-refractivity contribution >= 4 is 21.6 Å². The third-order valence-electron chi connectivity index (χ3n) is 3.60. The Hall–Kier alpha value is -2.40. The molecule has 0 aliphatic carbocycles. The van der Waals surface area contributed by atoms with Crippen molar-refractivity contribution in [2.75, 3.05) is 0 Å². The van der Waals surface area contributed by atoms with Gasteiger partial charge in [0.15, 0.2) is 5.65 Å². The fraction of sp³-hybridized carbons (Fsp3) is 0.0588. The van der Waals surface area contributed by atoms with Crippen LogP contribution in [0.15, 0.2) is 71.5 Å². The zero-order valence-electron chi connectivity index (χ0n) is 11.7. The molecule has 0 aliphatic heterocycles. The van der Waals surface area contributed by atoms with Crippen LogP contribution >= 0.6 is 15.9 Å². The number of hydrogen-bond acceptors (Lipinski definition) is 2. The lowest BCUT2D eigenvalue weighted by molar-refractivity contribution is 0.712. The predicted molar refractivity (Wildman–Crippen MR) is 89.7 cm³/mol. The van der Waals surface area contributed by atoms with Crippen LogP contribution in [0, 0.1) is 0 Å². The predicted octanol–water partition coefficient (Wildman–Crippen LogP) is 4.01. The SMILES string of the molecule is Brc1ccc(-c2cc3n(Cc4ccccc4)ncn3n2)cc1. The highest BCUT2D eigenvalue weighted by atomic mass is 79.9. The molecule has 108 valence electrons. The number of rotatable bonds is 3. The minimum Gasteiger partial charge on any atom is -0.242 e. The van der Waals surface area contributed by atoms with Crippen molar-refractivity contribution in [3.63, 3.8) is 0 Å². The van der Waals surface area contributed by atoms with Crippen LogP contribution in [0.1, 0.15) is 5.56 Å². The molecule has 0 bridgehead atoms. The van der Waals surface area contributed by atoms with Crippen LogP contribution < -0.4 is 0 Å². The molecule has 0 spiro atoms. The number of benzene rings is 2. The second-order valence-electron chi connectivity index (χ2n) is 5.11. The first-order valence-corrected chi connectivity index (χ1v) is 7.80. The van der Waals surface area contributed by atoms with Gasteiger partial charge in [0.05, 0.1) is 12.2 Å². The summed E-state index contributed by atoms with van der Waals surface area (Å²) in [5.74, 6) is 0. The monoisotopic (exact) mass is 352 g/mol. The highest BCUT2D eigenvalue weighted by Gasteiger charge is 2.09. The van der Waals surface area contributed by atoms with E-state index < -0.39 is 0 Å². The third-order valence-corrected chi connectivity index (χ3v) is 4.12. The van der Waals surface area contributed by atoms with E-state index in [1.165, 1.54) is 5.56 Å². The Morgan fingerprint density at radius 3 is 2.50 bits per heavy atom. The summed E-state index contributed by atoms with van der Waals surface area (Å²) in [6, 6.07) is 20.5. The van der Waals surface area contributed by atoms with Crippen molar-refractivity contribution in [1.82, 2.24) is 19.4 Å². The smallest absolute Gasteiger partial charge is 0.154 e. The van der Waals surface area contributed by atoms with Crippen molar-refractivity contribution < 1.29 is 0 Å². The van der Waals surface area contributed by atoms with E-state index in [2.05, 4.69) is 56.5 Å². The van der Waals surface area contributed by atoms with Crippen molar-refractivity contribution in [1.29, 1.82) is 0 Å². The zero-order chi connectivity index (χ0) is 14.9. The number of halogens is 1. The third kappa shape index (κ3) is 2.44. The molecule has 4 aromatic rings. The number of aromatic nitrogens is 4. The summed E-state index contributed by atoms with van der Waals surface area (Å²) in [4.78, 5) is 0. The largest absolute Gasteiger partial charge is 0.242 e. The van der Waals surface area contributed by atoms with Gasteiger partial charge in [0.1, 0.15) is 6.33 Å². The highest BCUT2D eigenvalue weighted by Crippen LogP contribution is 2.22. The lowest BCUT2D eigenvalue weighted by Gasteiger charge is -2.01. The van der Waals surface area contributed by atoms with E-state index in [1.807, 2.05) is 39.5 Å². The van der Waals surface area contributed by atoms with E-state index in [4.69, 9.17) is 0 Å². The van der Waals surface area contributed by atoms with Gasteiger partial charge in [-0.25, -0.2) is 9.20 Å². The summed E-state index contributed by atoms with van der Waals surface area (Å²) in [6.07, 6.45) is 1.75. The minimum absolute atomic E-state index is 0.739. The van der Waals surface area contributed by atoms with Gasteiger partial charge in [-0.2, -0.15) is 10.2 Å². The van der Waals surface area contributed by atoms with E-state index in [0.29, 0.717) is 0 Å². The molecule has 0 amide bonds. The molecule has 4 nitrogen and oxygen atoms in total. The van der Waals surface area contributed by atoms with Gasteiger partial charge in [0.2, 0.25) is 0 Å². The maximum absolute atomic E-state index is 4.59. The molecule has 0 radical (unpaired) electrons. The Labute approximate surface area is 136 Å². The number of hydrogen-bond donors (Lipinski definition) is 0. The van der Waals surface area contributed by atoms with Crippen LogP contribution in [-0.4, -0.2) is 19.4 Å². The van der Waals surface area contributed by atoms with Crippen molar-refractivity contribution in [2.24, 2.45) is 0 Å². The van der Waals surface area contributed by atoms with E-state index in [9.17, 15) is 0 Å². The average Bonchev–Trinajstić information content (AvgIpc) is 3.11. The maximum atomic E-state index is 4.59. The van der Waals surface area contributed by atoms with Gasteiger partial charge in [-0.05, 0) is 17.7 Å². The normalized spacial score (nSPS) is 11.1. The minimum atomic E-state index is 0.739. The van der Waals surface area contributed by atoms with Gasteiger partial charge in [-0.15, -0.1) is 0 Å². The van der Waals surface area contributed by atoms with Gasteiger partial charge in [-0.1, -0.05) is 58.4 Å². The van der Waals surface area contributed by atoms with E-state index in [-0.39, 0.29) is 0 Å². The molecule has 0 saturated heterocycles. The Balaban J connectivity index is 1.71. The summed E-state index contributed by atoms with van der Waals surface area (Å²) in [5.41, 5.74) is 4.26. The van der Waals surface area contributed by atoms with Crippen LogP contribution in [-0.2, 0) is 6.54 Å². The summed E-state index contributed by atoms with van der Waals surface area (Å²) in [5, 5.41) is 9.00. The summed E-state index contributed by atoms with van der Waals surface area (Å²) >= 11 is 3.45. The van der Waals surface area contributed by atoms with E-state index in [0.717, 1.165) is 27.9 Å². The quantitative estimate of drug-likeness (QED) is 0.558. The van der Waals surface area contributed by atoms with Gasteiger partial charge >= 0.3 is 0 Å². The lowest BCUT2D eigenvalue weighted by Crippen LogP contribution is -2.00. The first kappa shape index (κ1) is 13.3. The van der Waals surface area contributed by atoms with Gasteiger partial charge in [0, 0.05) is 16.1 Å². The topological polar surface area (TPSA) is 35.1 Å². The standard InChI is InChI=1S/C17H13BrN4/c18-15-8-6-14(7-9-15)16-10-17-21(19-12-22(17)20-16)11-13-4-2-1-3-5-13/h1-10,12H,11H2. The Kier molecular flexibility index (Phi) is 3.27. The molecular weight excluding hydrogens is 340 g/mol. The Morgan fingerprint density at radius 1 is 0.955 bits per heavy atom. The Bertz CT molecular complexity index is 907. The maximum Gasteiger partial charge on any atom is 0.154 e.